The first-order chi connectivity index (χ1) is 9.13. The highest BCUT2D eigenvalue weighted by Gasteiger charge is 2.35. The molecule has 1 atom stereocenters. The van der Waals surface area contributed by atoms with Crippen LogP contribution in [-0.2, 0) is 11.3 Å². The molecule has 2 heterocycles. The van der Waals surface area contributed by atoms with Crippen molar-refractivity contribution in [3.8, 4) is 0 Å². The number of nitrogens with zero attached hydrogens (tertiary/aromatic N) is 2. The molecule has 102 valence electrons. The predicted molar refractivity (Wildman–Crippen MR) is 70.8 cm³/mol. The molecule has 0 radical (unpaired) electrons. The van der Waals surface area contributed by atoms with Gasteiger partial charge in [-0.05, 0) is 24.1 Å². The van der Waals surface area contributed by atoms with Crippen molar-refractivity contribution < 1.29 is 9.18 Å². The fraction of sp³-hybridized carbons (Fsp3) is 0.500. The van der Waals surface area contributed by atoms with Crippen molar-refractivity contribution in [1.82, 2.24) is 9.80 Å². The summed E-state index contributed by atoms with van der Waals surface area (Å²) in [5, 5.41) is 0. The number of carbonyl (C=O) groups excluding carboxylic acids is 1. The average molecular weight is 263 g/mol. The summed E-state index contributed by atoms with van der Waals surface area (Å²) in [7, 11) is 0. The van der Waals surface area contributed by atoms with Crippen molar-refractivity contribution >= 4 is 11.6 Å². The van der Waals surface area contributed by atoms with Crippen molar-refractivity contribution in [2.45, 2.75) is 25.4 Å². The van der Waals surface area contributed by atoms with Crippen molar-refractivity contribution in [2.75, 3.05) is 25.4 Å². The van der Waals surface area contributed by atoms with Gasteiger partial charge in [0, 0.05) is 44.3 Å². The Morgan fingerprint density at radius 2 is 2.21 bits per heavy atom. The van der Waals surface area contributed by atoms with Gasteiger partial charge in [0.05, 0.1) is 0 Å². The first-order valence-electron chi connectivity index (χ1n) is 6.69. The van der Waals surface area contributed by atoms with E-state index in [2.05, 4.69) is 4.90 Å². The van der Waals surface area contributed by atoms with Gasteiger partial charge < -0.3 is 10.6 Å². The lowest BCUT2D eigenvalue weighted by molar-refractivity contribution is -0.130. The normalized spacial score (nSPS) is 23.7. The van der Waals surface area contributed by atoms with E-state index in [1.165, 1.54) is 12.1 Å². The van der Waals surface area contributed by atoms with Gasteiger partial charge in [0.25, 0.3) is 0 Å². The number of piperazine rings is 1. The van der Waals surface area contributed by atoms with E-state index in [0.29, 0.717) is 18.2 Å². The Morgan fingerprint density at radius 3 is 3.00 bits per heavy atom. The third-order valence-corrected chi connectivity index (χ3v) is 4.08. The number of carbonyl (C=O) groups is 1. The van der Waals surface area contributed by atoms with E-state index >= 15 is 0 Å². The van der Waals surface area contributed by atoms with Crippen LogP contribution in [0.15, 0.2) is 18.2 Å². The number of hydrogen-bond acceptors (Lipinski definition) is 3. The Kier molecular flexibility index (Phi) is 3.14. The molecular weight excluding hydrogens is 245 g/mol. The second-order valence-electron chi connectivity index (χ2n) is 5.36. The number of amides is 1. The van der Waals surface area contributed by atoms with Crippen LogP contribution in [0, 0.1) is 5.82 Å². The SMILES string of the molecule is Nc1cc(F)ccc1CN1CCN2C(=O)CCC2C1. The van der Waals surface area contributed by atoms with E-state index in [0.717, 1.165) is 38.2 Å². The summed E-state index contributed by atoms with van der Waals surface area (Å²) in [4.78, 5) is 15.9. The van der Waals surface area contributed by atoms with Crippen LogP contribution in [0.5, 0.6) is 0 Å². The van der Waals surface area contributed by atoms with Crippen LogP contribution in [0.2, 0.25) is 0 Å². The Hall–Kier alpha value is -1.62. The number of halogens is 1. The number of fused-ring (bicyclic) bond motifs is 1. The van der Waals surface area contributed by atoms with Crippen LogP contribution in [0.25, 0.3) is 0 Å². The van der Waals surface area contributed by atoms with E-state index in [1.54, 1.807) is 6.07 Å². The second-order valence-corrected chi connectivity index (χ2v) is 5.36. The minimum absolute atomic E-state index is 0.283. The number of nitrogen functional groups attached to an aromatic ring is 1. The van der Waals surface area contributed by atoms with Crippen molar-refractivity contribution in [3.05, 3.63) is 29.6 Å². The zero-order valence-corrected chi connectivity index (χ0v) is 10.8. The molecule has 2 saturated heterocycles. The Bertz CT molecular complexity index is 505. The van der Waals surface area contributed by atoms with Crippen LogP contribution in [0.1, 0.15) is 18.4 Å². The lowest BCUT2D eigenvalue weighted by Crippen LogP contribution is -2.50. The summed E-state index contributed by atoms with van der Waals surface area (Å²) < 4.78 is 13.0. The van der Waals surface area contributed by atoms with E-state index in [4.69, 9.17) is 5.73 Å². The molecule has 4 nitrogen and oxygen atoms in total. The van der Waals surface area contributed by atoms with Gasteiger partial charge in [-0.25, -0.2) is 4.39 Å². The first-order valence-corrected chi connectivity index (χ1v) is 6.69. The topological polar surface area (TPSA) is 49.6 Å². The third kappa shape index (κ3) is 2.42. The molecule has 2 aliphatic rings. The Morgan fingerprint density at radius 1 is 1.37 bits per heavy atom. The summed E-state index contributed by atoms with van der Waals surface area (Å²) >= 11 is 0. The number of benzene rings is 1. The quantitative estimate of drug-likeness (QED) is 0.816. The molecule has 1 aromatic rings. The maximum atomic E-state index is 13.0. The van der Waals surface area contributed by atoms with Gasteiger partial charge in [0.15, 0.2) is 0 Å². The minimum Gasteiger partial charge on any atom is -0.398 e. The molecule has 5 heteroatoms. The van der Waals surface area contributed by atoms with Crippen molar-refractivity contribution in [1.29, 1.82) is 0 Å². The van der Waals surface area contributed by atoms with Crippen LogP contribution in [0.3, 0.4) is 0 Å². The average Bonchev–Trinajstić information content (AvgIpc) is 2.74. The molecule has 0 aromatic heterocycles. The summed E-state index contributed by atoms with van der Waals surface area (Å²) in [6, 6.07) is 4.91. The number of rotatable bonds is 2. The Balaban J connectivity index is 1.66. The zero-order chi connectivity index (χ0) is 13.4. The number of hydrogen-bond donors (Lipinski definition) is 1. The molecule has 3 rings (SSSR count). The predicted octanol–water partition coefficient (Wildman–Crippen LogP) is 1.21. The summed E-state index contributed by atoms with van der Waals surface area (Å²) in [6.07, 6.45) is 1.63. The first kappa shape index (κ1) is 12.4. The van der Waals surface area contributed by atoms with Gasteiger partial charge in [0.1, 0.15) is 5.82 Å². The van der Waals surface area contributed by atoms with Crippen molar-refractivity contribution in [3.63, 3.8) is 0 Å². The highest BCUT2D eigenvalue weighted by molar-refractivity contribution is 5.78. The fourth-order valence-electron chi connectivity index (χ4n) is 3.02. The highest BCUT2D eigenvalue weighted by Crippen LogP contribution is 2.24. The standard InChI is InChI=1S/C14H18FN3O/c15-11-2-1-10(13(16)7-11)8-17-5-6-18-12(9-17)3-4-14(18)19/h1-2,7,12H,3-6,8-9,16H2. The molecule has 0 spiro atoms. The van der Waals surface area contributed by atoms with Gasteiger partial charge in [-0.15, -0.1) is 0 Å². The molecule has 1 unspecified atom stereocenters. The summed E-state index contributed by atoms with van der Waals surface area (Å²) in [5.41, 5.74) is 7.30. The molecule has 1 aromatic carbocycles. The fourth-order valence-corrected chi connectivity index (χ4v) is 3.02. The van der Waals surface area contributed by atoms with Crippen molar-refractivity contribution in [2.24, 2.45) is 0 Å². The van der Waals surface area contributed by atoms with Crippen LogP contribution < -0.4 is 5.73 Å². The molecule has 0 aliphatic carbocycles. The molecule has 19 heavy (non-hydrogen) atoms. The number of anilines is 1. The van der Waals surface area contributed by atoms with Crippen LogP contribution >= 0.6 is 0 Å². The molecule has 0 bridgehead atoms. The minimum atomic E-state index is -0.299. The Labute approximate surface area is 112 Å². The number of nitrogens with two attached hydrogens (primary N) is 1. The lowest BCUT2D eigenvalue weighted by atomic mass is 10.1. The highest BCUT2D eigenvalue weighted by atomic mass is 19.1. The van der Waals surface area contributed by atoms with Gasteiger partial charge in [0.2, 0.25) is 5.91 Å². The van der Waals surface area contributed by atoms with Crippen LogP contribution in [0.4, 0.5) is 10.1 Å². The molecule has 1 amide bonds. The second kappa shape index (κ2) is 4.81. The third-order valence-electron chi connectivity index (χ3n) is 4.08. The van der Waals surface area contributed by atoms with Crippen LogP contribution in [-0.4, -0.2) is 41.4 Å². The molecule has 2 fully saturated rings. The van der Waals surface area contributed by atoms with E-state index in [-0.39, 0.29) is 11.7 Å². The molecule has 2 N–H and O–H groups in total. The van der Waals surface area contributed by atoms with Gasteiger partial charge in [-0.1, -0.05) is 6.07 Å². The van der Waals surface area contributed by atoms with Gasteiger partial charge in [-0.2, -0.15) is 0 Å². The van der Waals surface area contributed by atoms with Gasteiger partial charge >= 0.3 is 0 Å². The van der Waals surface area contributed by atoms with E-state index in [1.807, 2.05) is 4.90 Å². The largest absolute Gasteiger partial charge is 0.398 e. The van der Waals surface area contributed by atoms with E-state index < -0.39 is 0 Å². The molecule has 0 saturated carbocycles. The maximum absolute atomic E-state index is 13.0. The molecule has 2 aliphatic heterocycles. The maximum Gasteiger partial charge on any atom is 0.222 e. The smallest absolute Gasteiger partial charge is 0.222 e. The van der Waals surface area contributed by atoms with Gasteiger partial charge in [-0.3, -0.25) is 9.69 Å². The van der Waals surface area contributed by atoms with E-state index in [9.17, 15) is 9.18 Å². The lowest BCUT2D eigenvalue weighted by Gasteiger charge is -2.37. The monoisotopic (exact) mass is 263 g/mol. The summed E-state index contributed by atoms with van der Waals surface area (Å²) in [5.74, 6) is -0.0154. The molecular formula is C14H18FN3O. The summed E-state index contributed by atoms with van der Waals surface area (Å²) in [6.45, 7) is 3.27. The zero-order valence-electron chi connectivity index (χ0n) is 10.8.